The number of pyridine rings is 3. The number of halogens is 7. The molecular formula is C56H84Br3ClF3N9O8. The molecule has 4 N–H and O–H groups in total. The van der Waals surface area contributed by atoms with E-state index in [1.54, 1.807) is 77.9 Å². The van der Waals surface area contributed by atoms with E-state index in [-0.39, 0.29) is 69.3 Å². The van der Waals surface area contributed by atoms with E-state index in [4.69, 9.17) is 31.9 Å². The molecule has 3 aliphatic heterocycles. The standard InChI is InChI=1S/C16H20BrFN2O3.C11H12BrFN2O.C10H16FNO4.C8H19N.C6H12ClN.C5H5BrN2/c1-16(2,3)23-15(22)20-9-10(18)7-12(20)13(21)8-11-5-4-6-14(17)19-11;12-11-3-1-2-8(15-11)5-10(16)9-4-7(13)6-14-9;1-10(2,3)16-9(15)12-5-6(11)4-7(12)8(13)14;1-6-9(7(2)3)8(4)5;1-5(2)6(7)8(3)4;6-4-2-1-3-5(7)8-4/h4-6,10,12H,7-9H2,1-3H3;1-3,7,9,14H,4-6H2;6-7H,4-5H2,1-3H3,(H,13,14);7-8H,6H2,1-5H3;1-4H3;1-3H,(H2,7,8)/t10-,12+;7-,9+;6-,7+;;;/m111.../s1. The van der Waals surface area contributed by atoms with Gasteiger partial charge in [0.2, 0.25) is 0 Å². The number of nitrogens with one attached hydrogen (secondary N) is 1. The van der Waals surface area contributed by atoms with Gasteiger partial charge in [-0.3, -0.25) is 24.3 Å². The fourth-order valence-corrected chi connectivity index (χ4v) is 9.10. The maximum Gasteiger partial charge on any atom is 0.411 e. The minimum atomic E-state index is -1.30. The van der Waals surface area contributed by atoms with Crippen LogP contribution >= 0.6 is 59.4 Å². The lowest BCUT2D eigenvalue weighted by Gasteiger charge is -2.28. The van der Waals surface area contributed by atoms with Crippen LogP contribution in [-0.2, 0) is 36.7 Å². The number of amides is 2. The highest BCUT2D eigenvalue weighted by molar-refractivity contribution is 9.11. The number of ether oxygens (including phenoxy) is 2. The van der Waals surface area contributed by atoms with Crippen molar-refractivity contribution in [3.63, 3.8) is 0 Å². The molecule has 3 aromatic rings. The van der Waals surface area contributed by atoms with Crippen LogP contribution in [0.15, 0.2) is 79.1 Å². The maximum atomic E-state index is 13.8. The Hall–Kier alpha value is -4.42. The normalized spacial score (nSPS) is 19.3. The zero-order valence-electron chi connectivity index (χ0n) is 48.8. The summed E-state index contributed by atoms with van der Waals surface area (Å²) in [4.78, 5) is 77.6. The number of anilines is 1. The van der Waals surface area contributed by atoms with Gasteiger partial charge in [-0.2, -0.15) is 0 Å². The fraction of sp³-hybridized carbons (Fsp3) is 0.607. The predicted octanol–water partition coefficient (Wildman–Crippen LogP) is 12.0. The van der Waals surface area contributed by atoms with Crippen LogP contribution in [0.25, 0.3) is 0 Å². The van der Waals surface area contributed by atoms with Crippen molar-refractivity contribution in [3.05, 3.63) is 90.5 Å². The molecule has 24 heteroatoms. The van der Waals surface area contributed by atoms with E-state index >= 15 is 0 Å². The summed E-state index contributed by atoms with van der Waals surface area (Å²) in [6.45, 7) is 26.5. The Morgan fingerprint density at radius 2 is 1.12 bits per heavy atom. The summed E-state index contributed by atoms with van der Waals surface area (Å²) >= 11 is 15.4. The molecular weight excluding hydrogens is 1260 g/mol. The summed E-state index contributed by atoms with van der Waals surface area (Å²) in [6.07, 6.45) is -4.42. The van der Waals surface area contributed by atoms with Crippen LogP contribution in [0.4, 0.5) is 28.6 Å². The average Bonchev–Trinajstić information content (AvgIpc) is 4.07. The van der Waals surface area contributed by atoms with Crippen LogP contribution in [0, 0.1) is 0 Å². The van der Waals surface area contributed by atoms with Gasteiger partial charge in [0.05, 0.1) is 38.0 Å². The van der Waals surface area contributed by atoms with E-state index < -0.39 is 60.0 Å². The molecule has 0 aromatic carbocycles. The van der Waals surface area contributed by atoms with Crippen LogP contribution in [0.2, 0.25) is 0 Å². The lowest BCUT2D eigenvalue weighted by Crippen LogP contribution is -2.44. The molecule has 3 aromatic heterocycles. The smallest absolute Gasteiger partial charge is 0.411 e. The predicted molar refractivity (Wildman–Crippen MR) is 320 cm³/mol. The molecule has 6 heterocycles. The number of aromatic nitrogens is 3. The van der Waals surface area contributed by atoms with Gasteiger partial charge in [0.1, 0.15) is 60.5 Å². The van der Waals surface area contributed by atoms with Crippen molar-refractivity contribution < 1.29 is 51.7 Å². The first kappa shape index (κ1) is 73.6. The second-order valence-corrected chi connectivity index (χ2v) is 24.7. The first-order chi connectivity index (χ1) is 36.9. The van der Waals surface area contributed by atoms with Crippen molar-refractivity contribution in [3.8, 4) is 0 Å². The molecule has 2 amide bonds. The van der Waals surface area contributed by atoms with Gasteiger partial charge in [0.15, 0.2) is 11.6 Å². The largest absolute Gasteiger partial charge is 0.480 e. The Morgan fingerprint density at radius 3 is 1.43 bits per heavy atom. The van der Waals surface area contributed by atoms with Gasteiger partial charge in [0.25, 0.3) is 0 Å². The number of Topliss-reactive ketones (excluding diaryl/α,β-unsaturated/α-hetero) is 2. The molecule has 0 unspecified atom stereocenters. The van der Waals surface area contributed by atoms with Crippen LogP contribution < -0.4 is 11.1 Å². The summed E-state index contributed by atoms with van der Waals surface area (Å²) < 4.78 is 52.1. The molecule has 3 aliphatic rings. The summed E-state index contributed by atoms with van der Waals surface area (Å²) in [7, 11) is 3.85. The second kappa shape index (κ2) is 35.5. The van der Waals surface area contributed by atoms with Gasteiger partial charge in [0, 0.05) is 63.4 Å². The Morgan fingerprint density at radius 1 is 0.713 bits per heavy atom. The molecule has 0 spiro atoms. The third-order valence-electron chi connectivity index (χ3n) is 11.4. The Bertz CT molecular complexity index is 2440. The van der Waals surface area contributed by atoms with Crippen LogP contribution in [0.3, 0.4) is 0 Å². The highest BCUT2D eigenvalue weighted by Gasteiger charge is 2.43. The fourth-order valence-electron chi connectivity index (χ4n) is 7.98. The van der Waals surface area contributed by atoms with Crippen LogP contribution in [-0.4, -0.2) is 170 Å². The van der Waals surface area contributed by atoms with Crippen molar-refractivity contribution in [2.45, 2.75) is 182 Å². The number of carbonyl (C=O) groups excluding carboxylic acids is 4. The molecule has 3 saturated heterocycles. The molecule has 0 bridgehead atoms. The Balaban J connectivity index is 0.000000503. The molecule has 6 atom stereocenters. The van der Waals surface area contributed by atoms with Gasteiger partial charge < -0.3 is 30.5 Å². The quantitative estimate of drug-likeness (QED) is 0.120. The van der Waals surface area contributed by atoms with Crippen molar-refractivity contribution in [1.29, 1.82) is 0 Å². The van der Waals surface area contributed by atoms with E-state index in [1.165, 1.54) is 4.90 Å². The van der Waals surface area contributed by atoms with Crippen molar-refractivity contribution in [2.24, 2.45) is 0 Å². The zero-order chi connectivity index (χ0) is 61.4. The SMILES string of the molecule is CC(C)(C)OC(=O)N1C[C@H](F)C[C@H]1C(=O)Cc1cccc(Br)n1.CC(C)(C)OC(=O)N1C[C@H](F)C[C@H]1C(=O)O.CC(C)=C(Cl)N(C)C.CCN(C(C)C)C(C)C.Nc1cccc(Br)n1.O=C(Cc1cccc(Br)n1)[C@@H]1C[C@@H](F)CN1. The number of carboxylic acids is 1. The monoisotopic (exact) mass is 1340 g/mol. The number of nitrogen functional groups attached to an aromatic ring is 1. The molecule has 0 radical (unpaired) electrons. The number of rotatable bonds is 11. The number of nitrogens with two attached hydrogens (primary N) is 1. The molecule has 450 valence electrons. The Kier molecular flexibility index (Phi) is 32.7. The highest BCUT2D eigenvalue weighted by Crippen LogP contribution is 2.26. The zero-order valence-corrected chi connectivity index (χ0v) is 54.4. The average molecular weight is 1340 g/mol. The molecule has 0 saturated carbocycles. The molecule has 3 fully saturated rings. The van der Waals surface area contributed by atoms with Crippen LogP contribution in [0.5, 0.6) is 0 Å². The van der Waals surface area contributed by atoms with E-state index in [1.807, 2.05) is 51.0 Å². The van der Waals surface area contributed by atoms with Gasteiger partial charge in [-0.1, -0.05) is 36.7 Å². The molecule has 80 heavy (non-hydrogen) atoms. The number of likely N-dealkylation sites (tertiary alicyclic amines) is 2. The third kappa shape index (κ3) is 29.5. The number of hydrogen-bond acceptors (Lipinski definition) is 14. The first-order valence-corrected chi connectivity index (χ1v) is 29.0. The summed E-state index contributed by atoms with van der Waals surface area (Å²) in [6, 6.07) is 15.2. The number of carbonyl (C=O) groups is 5. The molecule has 6 rings (SSSR count). The number of aliphatic carboxylic acids is 1. The maximum absolute atomic E-state index is 13.8. The van der Waals surface area contributed by atoms with Crippen molar-refractivity contribution in [1.82, 2.24) is 39.9 Å². The number of carboxylic acid groups (broad SMARTS) is 1. The number of allylic oxidation sites excluding steroid dienone is 1. The van der Waals surface area contributed by atoms with Gasteiger partial charge in [-0.05, 0) is 179 Å². The van der Waals surface area contributed by atoms with Crippen molar-refractivity contribution in [2.75, 3.05) is 46.0 Å². The van der Waals surface area contributed by atoms with Crippen molar-refractivity contribution >= 4 is 94.9 Å². The molecule has 0 aliphatic carbocycles. The lowest BCUT2D eigenvalue weighted by atomic mass is 10.0. The number of ketones is 2. The summed E-state index contributed by atoms with van der Waals surface area (Å²) in [5, 5.41) is 12.5. The molecule has 17 nitrogen and oxygen atoms in total. The van der Waals surface area contributed by atoms with E-state index in [0.29, 0.717) is 38.5 Å². The summed E-state index contributed by atoms with van der Waals surface area (Å²) in [5.41, 5.74) is 6.35. The summed E-state index contributed by atoms with van der Waals surface area (Å²) in [5.74, 6) is -0.891. The van der Waals surface area contributed by atoms with Crippen LogP contribution in [0.1, 0.15) is 121 Å². The Labute approximate surface area is 502 Å². The van der Waals surface area contributed by atoms with Gasteiger partial charge in [-0.25, -0.2) is 42.5 Å². The van der Waals surface area contributed by atoms with E-state index in [2.05, 4.69) is 108 Å². The third-order valence-corrected chi connectivity index (χ3v) is 13.4. The number of nitrogens with zero attached hydrogens (tertiary/aromatic N) is 7. The van der Waals surface area contributed by atoms with Gasteiger partial charge >= 0.3 is 18.2 Å². The topological polar surface area (TPSA) is 214 Å². The highest BCUT2D eigenvalue weighted by atomic mass is 79.9. The lowest BCUT2D eigenvalue weighted by molar-refractivity contribution is -0.142. The van der Waals surface area contributed by atoms with E-state index in [0.717, 1.165) is 26.8 Å². The van der Waals surface area contributed by atoms with E-state index in [9.17, 15) is 37.1 Å². The first-order valence-electron chi connectivity index (χ1n) is 26.2. The second-order valence-electron chi connectivity index (χ2n) is 21.9. The minimum Gasteiger partial charge on any atom is -0.480 e. The van der Waals surface area contributed by atoms with Gasteiger partial charge in [-0.15, -0.1) is 0 Å². The number of alkyl halides is 3. The number of hydrogen-bond donors (Lipinski definition) is 3. The minimum absolute atomic E-state index is 0.00532.